The van der Waals surface area contributed by atoms with Gasteiger partial charge in [-0.25, -0.2) is 0 Å². The summed E-state index contributed by atoms with van der Waals surface area (Å²) in [7, 11) is 0. The molecule has 0 amide bonds. The lowest BCUT2D eigenvalue weighted by atomic mass is 10.2. The molecule has 0 unspecified atom stereocenters. The molecule has 0 heterocycles. The highest BCUT2D eigenvalue weighted by Crippen LogP contribution is 2.09. The Morgan fingerprint density at radius 3 is 2.45 bits per heavy atom. The molecule has 0 spiro atoms. The van der Waals surface area contributed by atoms with Crippen LogP contribution in [0.15, 0.2) is 4.99 Å². The molecule has 0 aliphatic rings. The van der Waals surface area contributed by atoms with Crippen LogP contribution in [0.2, 0.25) is 0 Å². The van der Waals surface area contributed by atoms with Crippen molar-refractivity contribution < 1.29 is 14.7 Å². The number of nitrogens with zero attached hydrogens (tertiary/aromatic N) is 1. The van der Waals surface area contributed by atoms with Gasteiger partial charge in [-0.2, -0.15) is 11.8 Å². The largest absolute Gasteiger partial charge is 0.480 e. The molecule has 0 aliphatic carbocycles. The molecule has 0 radical (unpaired) electrons. The third-order valence-corrected chi connectivity index (χ3v) is 3.89. The third-order valence-electron chi connectivity index (χ3n) is 2.40. The topological polar surface area (TPSA) is 145 Å². The molecule has 0 rings (SSSR count). The lowest BCUT2D eigenvalue weighted by Crippen LogP contribution is -2.31. The lowest BCUT2D eigenvalue weighted by Gasteiger charge is -2.08. The van der Waals surface area contributed by atoms with Crippen molar-refractivity contribution in [3.05, 3.63) is 0 Å². The Bertz CT molecular complexity index is 353. The summed E-state index contributed by atoms with van der Waals surface area (Å²) in [6, 6.07) is -1.43. The summed E-state index contributed by atoms with van der Waals surface area (Å²) in [5.74, 6) is -0.219. The number of hydrogen-bond acceptors (Lipinski definition) is 7. The van der Waals surface area contributed by atoms with Crippen LogP contribution in [-0.4, -0.2) is 52.0 Å². The first kappa shape index (κ1) is 19.2. The normalized spacial score (nSPS) is 14.8. The number of carbonyl (C=O) groups excluding carboxylic acids is 1. The van der Waals surface area contributed by atoms with Crippen LogP contribution in [-0.2, 0) is 9.59 Å². The fourth-order valence-corrected chi connectivity index (χ4v) is 2.32. The average Bonchev–Trinajstić information content (AvgIpc) is 2.40. The van der Waals surface area contributed by atoms with Gasteiger partial charge in [0.1, 0.15) is 6.04 Å². The highest BCUT2D eigenvalue weighted by molar-refractivity contribution is 8.26. The Balaban J connectivity index is 3.95. The van der Waals surface area contributed by atoms with Gasteiger partial charge in [0.05, 0.1) is 6.04 Å². The number of aliphatic imine (C=N–C) groups is 1. The maximum Gasteiger partial charge on any atom is 0.320 e. The standard InChI is InChI=1S/C11H22N4O3S2/c1-19-6-4-8(13)10(18)20-11(14)15-5-2-3-7(12)9(16)17/h7-8H,2-6,12-13H2,1H3,(H2,14,15)(H,16,17)/t7-,8-/m0/s1. The molecule has 7 nitrogen and oxygen atoms in total. The van der Waals surface area contributed by atoms with Gasteiger partial charge in [-0.3, -0.25) is 14.6 Å². The molecule has 0 aliphatic heterocycles. The molecule has 116 valence electrons. The minimum atomic E-state index is -1.04. The van der Waals surface area contributed by atoms with Crippen LogP contribution in [0.4, 0.5) is 0 Å². The number of rotatable bonds is 9. The van der Waals surface area contributed by atoms with Gasteiger partial charge in [-0.15, -0.1) is 0 Å². The zero-order valence-corrected chi connectivity index (χ0v) is 13.1. The summed E-state index contributed by atoms with van der Waals surface area (Å²) >= 11 is 2.46. The number of carboxylic acid groups (broad SMARTS) is 1. The number of carboxylic acids is 1. The number of nitrogens with two attached hydrogens (primary N) is 3. The van der Waals surface area contributed by atoms with E-state index in [0.29, 0.717) is 25.8 Å². The molecule has 0 aromatic rings. The Morgan fingerprint density at radius 1 is 1.25 bits per heavy atom. The van der Waals surface area contributed by atoms with Crippen LogP contribution >= 0.6 is 23.5 Å². The summed E-state index contributed by atoms with van der Waals surface area (Å²) < 4.78 is 0. The van der Waals surface area contributed by atoms with E-state index >= 15 is 0 Å². The summed E-state index contributed by atoms with van der Waals surface area (Å²) in [4.78, 5) is 26.1. The Kier molecular flexibility index (Phi) is 10.5. The second-order valence-electron chi connectivity index (χ2n) is 4.12. The molecule has 2 atom stereocenters. The monoisotopic (exact) mass is 322 g/mol. The first-order valence-electron chi connectivity index (χ1n) is 6.13. The third kappa shape index (κ3) is 9.18. The number of thioether (sulfide) groups is 2. The predicted octanol–water partition coefficient (Wildman–Crippen LogP) is -0.167. The van der Waals surface area contributed by atoms with Crippen LogP contribution < -0.4 is 17.2 Å². The fourth-order valence-electron chi connectivity index (χ4n) is 1.20. The van der Waals surface area contributed by atoms with E-state index in [1.54, 1.807) is 11.8 Å². The van der Waals surface area contributed by atoms with Gasteiger partial charge in [0.25, 0.3) is 0 Å². The molecule has 9 heteroatoms. The van der Waals surface area contributed by atoms with Crippen molar-refractivity contribution in [3.8, 4) is 0 Å². The van der Waals surface area contributed by atoms with Crippen molar-refractivity contribution in [2.45, 2.75) is 31.3 Å². The Morgan fingerprint density at radius 2 is 1.90 bits per heavy atom. The van der Waals surface area contributed by atoms with Crippen molar-refractivity contribution >= 4 is 39.8 Å². The van der Waals surface area contributed by atoms with Gasteiger partial charge in [0, 0.05) is 6.54 Å². The van der Waals surface area contributed by atoms with E-state index in [0.717, 1.165) is 17.5 Å². The van der Waals surface area contributed by atoms with Gasteiger partial charge < -0.3 is 22.3 Å². The van der Waals surface area contributed by atoms with Gasteiger partial charge in [0.15, 0.2) is 5.17 Å². The number of carbonyl (C=O) groups is 2. The van der Waals surface area contributed by atoms with E-state index in [4.69, 9.17) is 22.3 Å². The van der Waals surface area contributed by atoms with Crippen molar-refractivity contribution in [2.24, 2.45) is 22.2 Å². The second-order valence-corrected chi connectivity index (χ2v) is 6.13. The minimum absolute atomic E-state index is 0.151. The van der Waals surface area contributed by atoms with Crippen LogP contribution in [0.5, 0.6) is 0 Å². The zero-order chi connectivity index (χ0) is 15.5. The molecule has 0 aromatic heterocycles. The molecule has 7 N–H and O–H groups in total. The van der Waals surface area contributed by atoms with Crippen LogP contribution in [0.1, 0.15) is 19.3 Å². The number of amidine groups is 1. The average molecular weight is 322 g/mol. The SMILES string of the molecule is CSCC[C@H](N)C(=O)SC(N)=NCCC[C@H](N)C(=O)O. The van der Waals surface area contributed by atoms with E-state index in [1.807, 2.05) is 6.26 Å². The van der Waals surface area contributed by atoms with E-state index in [2.05, 4.69) is 4.99 Å². The first-order valence-corrected chi connectivity index (χ1v) is 8.34. The Hall–Kier alpha value is -0.770. The van der Waals surface area contributed by atoms with Gasteiger partial charge in [-0.1, -0.05) is 0 Å². The second kappa shape index (κ2) is 11.0. The van der Waals surface area contributed by atoms with Crippen LogP contribution in [0.25, 0.3) is 0 Å². The van der Waals surface area contributed by atoms with Crippen LogP contribution in [0.3, 0.4) is 0 Å². The molecular formula is C11H22N4O3S2. The smallest absolute Gasteiger partial charge is 0.320 e. The Labute approximate surface area is 127 Å². The fraction of sp³-hybridized carbons (Fsp3) is 0.727. The predicted molar refractivity (Wildman–Crippen MR) is 84.9 cm³/mol. The first-order chi connectivity index (χ1) is 9.38. The van der Waals surface area contributed by atoms with E-state index in [-0.39, 0.29) is 10.3 Å². The van der Waals surface area contributed by atoms with Crippen LogP contribution in [0, 0.1) is 0 Å². The molecule has 20 heavy (non-hydrogen) atoms. The highest BCUT2D eigenvalue weighted by atomic mass is 32.2. The lowest BCUT2D eigenvalue weighted by molar-refractivity contribution is -0.138. The number of aliphatic carboxylic acids is 1. The van der Waals surface area contributed by atoms with Crippen molar-refractivity contribution in [1.29, 1.82) is 0 Å². The minimum Gasteiger partial charge on any atom is -0.480 e. The summed E-state index contributed by atoms with van der Waals surface area (Å²) in [6.45, 7) is 0.340. The summed E-state index contributed by atoms with van der Waals surface area (Å²) in [6.07, 6.45) is 3.37. The quantitative estimate of drug-likeness (QED) is 0.260. The molecule has 0 aromatic carbocycles. The zero-order valence-electron chi connectivity index (χ0n) is 11.4. The number of hydrogen-bond donors (Lipinski definition) is 4. The molecule has 0 bridgehead atoms. The molecule has 0 saturated heterocycles. The van der Waals surface area contributed by atoms with Crippen molar-refractivity contribution in [2.75, 3.05) is 18.6 Å². The maximum atomic E-state index is 11.7. The molecular weight excluding hydrogens is 300 g/mol. The highest BCUT2D eigenvalue weighted by Gasteiger charge is 2.15. The summed E-state index contributed by atoms with van der Waals surface area (Å²) in [5, 5.41) is 8.54. The van der Waals surface area contributed by atoms with Gasteiger partial charge in [0.2, 0.25) is 5.12 Å². The van der Waals surface area contributed by atoms with E-state index in [1.165, 1.54) is 0 Å². The molecule has 0 saturated carbocycles. The maximum absolute atomic E-state index is 11.7. The van der Waals surface area contributed by atoms with Crippen molar-refractivity contribution in [1.82, 2.24) is 0 Å². The van der Waals surface area contributed by atoms with Gasteiger partial charge in [-0.05, 0) is 43.0 Å². The van der Waals surface area contributed by atoms with Gasteiger partial charge >= 0.3 is 5.97 Å². The van der Waals surface area contributed by atoms with E-state index < -0.39 is 18.1 Å². The van der Waals surface area contributed by atoms with Crippen molar-refractivity contribution in [3.63, 3.8) is 0 Å². The molecule has 0 fully saturated rings. The van der Waals surface area contributed by atoms with E-state index in [9.17, 15) is 9.59 Å². The summed E-state index contributed by atoms with van der Waals surface area (Å²) in [5.41, 5.74) is 16.6.